The topological polar surface area (TPSA) is 158 Å². The molecule has 4 atom stereocenters. The van der Waals surface area contributed by atoms with E-state index >= 15 is 0 Å². The number of rotatable bonds is 8. The summed E-state index contributed by atoms with van der Waals surface area (Å²) in [5.41, 5.74) is 6.67. The molecule has 1 aliphatic rings. The summed E-state index contributed by atoms with van der Waals surface area (Å²) in [5, 5.41) is 20.9. The van der Waals surface area contributed by atoms with Crippen molar-refractivity contribution < 1.29 is 19.8 Å². The molecule has 1 saturated heterocycles. The molecule has 1 fully saturated rings. The van der Waals surface area contributed by atoms with Crippen molar-refractivity contribution in [1.29, 1.82) is 0 Å². The molecule has 0 unspecified atom stereocenters. The standard InChI is InChI=1S/C15H25N7O4/c1-2-21(4-3-5-25-17)6-9-11(23)12(24)15(26-9)22-8-20-10-13(16)18-7-19-14(10)22/h7-9,11-12,15,23-24H,2-6,17H2,1H3,(H2,16,18,19)/t9-,11-,12-,15-/m1/s1. The zero-order chi connectivity index (χ0) is 18.7. The van der Waals surface area contributed by atoms with Gasteiger partial charge in [-0.2, -0.15) is 0 Å². The maximum Gasteiger partial charge on any atom is 0.167 e. The lowest BCUT2D eigenvalue weighted by Crippen LogP contribution is -2.40. The number of likely N-dealkylation sites (N-methyl/N-ethyl adjacent to an activating group) is 1. The summed E-state index contributed by atoms with van der Waals surface area (Å²) in [4.78, 5) is 18.9. The number of anilines is 1. The summed E-state index contributed by atoms with van der Waals surface area (Å²) >= 11 is 0. The van der Waals surface area contributed by atoms with Crippen LogP contribution in [0.1, 0.15) is 19.6 Å². The maximum atomic E-state index is 10.5. The predicted octanol–water partition coefficient (Wildman–Crippen LogP) is -1.37. The number of hydrogen-bond acceptors (Lipinski definition) is 10. The van der Waals surface area contributed by atoms with E-state index in [4.69, 9.17) is 16.4 Å². The molecule has 1 aliphatic heterocycles. The van der Waals surface area contributed by atoms with Crippen LogP contribution < -0.4 is 11.6 Å². The molecule has 0 saturated carbocycles. The van der Waals surface area contributed by atoms with Crippen LogP contribution in [0.15, 0.2) is 12.7 Å². The van der Waals surface area contributed by atoms with E-state index in [-0.39, 0.29) is 5.82 Å². The van der Waals surface area contributed by atoms with Crippen molar-refractivity contribution in [3.8, 4) is 0 Å². The molecule has 11 heteroatoms. The lowest BCUT2D eigenvalue weighted by Gasteiger charge is -2.25. The molecule has 0 radical (unpaired) electrons. The Morgan fingerprint density at radius 1 is 1.31 bits per heavy atom. The number of imidazole rings is 1. The monoisotopic (exact) mass is 367 g/mol. The van der Waals surface area contributed by atoms with Gasteiger partial charge in [-0.15, -0.1) is 0 Å². The molecule has 26 heavy (non-hydrogen) atoms. The third-order valence-electron chi connectivity index (χ3n) is 4.62. The molecule has 0 aromatic carbocycles. The smallest absolute Gasteiger partial charge is 0.167 e. The van der Waals surface area contributed by atoms with Gasteiger partial charge >= 0.3 is 0 Å². The minimum Gasteiger partial charge on any atom is -0.387 e. The summed E-state index contributed by atoms with van der Waals surface area (Å²) in [6.07, 6.45) is 0.0710. The first-order valence-electron chi connectivity index (χ1n) is 8.55. The van der Waals surface area contributed by atoms with E-state index in [1.54, 1.807) is 4.57 Å². The molecule has 0 amide bonds. The molecule has 6 N–H and O–H groups in total. The van der Waals surface area contributed by atoms with Gasteiger partial charge in [0.05, 0.1) is 12.9 Å². The fraction of sp³-hybridized carbons (Fsp3) is 0.667. The second-order valence-electron chi connectivity index (χ2n) is 6.25. The van der Waals surface area contributed by atoms with Crippen LogP contribution in [0.25, 0.3) is 11.2 Å². The van der Waals surface area contributed by atoms with Crippen LogP contribution in [0.3, 0.4) is 0 Å². The Morgan fingerprint density at radius 2 is 2.12 bits per heavy atom. The first kappa shape index (κ1) is 18.9. The highest BCUT2D eigenvalue weighted by atomic mass is 16.6. The maximum absolute atomic E-state index is 10.5. The highest BCUT2D eigenvalue weighted by Gasteiger charge is 2.44. The SMILES string of the molecule is CCN(CCCON)C[C@H]1O[C@@H](n2cnc3c(N)ncnc32)[C@H](O)[C@@H]1O. The number of fused-ring (bicyclic) bond motifs is 1. The van der Waals surface area contributed by atoms with Gasteiger partial charge in [-0.05, 0) is 13.0 Å². The van der Waals surface area contributed by atoms with Crippen molar-refractivity contribution in [2.45, 2.75) is 37.9 Å². The van der Waals surface area contributed by atoms with Gasteiger partial charge in [0.2, 0.25) is 0 Å². The Bertz CT molecular complexity index is 727. The Hall–Kier alpha value is -1.89. The van der Waals surface area contributed by atoms with Crippen molar-refractivity contribution in [2.75, 3.05) is 32.0 Å². The number of nitrogen functional groups attached to an aromatic ring is 1. The van der Waals surface area contributed by atoms with Gasteiger partial charge in [-0.25, -0.2) is 20.8 Å². The first-order valence-corrected chi connectivity index (χ1v) is 8.55. The largest absolute Gasteiger partial charge is 0.387 e. The van der Waals surface area contributed by atoms with E-state index < -0.39 is 24.5 Å². The second kappa shape index (κ2) is 8.20. The van der Waals surface area contributed by atoms with E-state index in [2.05, 4.69) is 24.7 Å². The summed E-state index contributed by atoms with van der Waals surface area (Å²) in [7, 11) is 0. The van der Waals surface area contributed by atoms with Crippen LogP contribution in [0.5, 0.6) is 0 Å². The average molecular weight is 367 g/mol. The molecule has 0 aliphatic carbocycles. The van der Waals surface area contributed by atoms with Crippen molar-refractivity contribution >= 4 is 17.0 Å². The van der Waals surface area contributed by atoms with Gasteiger partial charge in [0.15, 0.2) is 17.7 Å². The van der Waals surface area contributed by atoms with Gasteiger partial charge in [0.1, 0.15) is 30.2 Å². The molecule has 2 aromatic rings. The lowest BCUT2D eigenvalue weighted by molar-refractivity contribution is -0.0442. The Labute approximate surface area is 150 Å². The molecule has 11 nitrogen and oxygen atoms in total. The van der Waals surface area contributed by atoms with E-state index in [1.807, 2.05) is 6.92 Å². The van der Waals surface area contributed by atoms with Crippen LogP contribution in [0.4, 0.5) is 5.82 Å². The van der Waals surface area contributed by atoms with Crippen LogP contribution in [-0.4, -0.2) is 79.2 Å². The third-order valence-corrected chi connectivity index (χ3v) is 4.62. The van der Waals surface area contributed by atoms with E-state index in [0.29, 0.717) is 24.3 Å². The van der Waals surface area contributed by atoms with Crippen LogP contribution in [-0.2, 0) is 9.57 Å². The van der Waals surface area contributed by atoms with E-state index in [1.165, 1.54) is 12.7 Å². The highest BCUT2D eigenvalue weighted by Crippen LogP contribution is 2.32. The quantitative estimate of drug-likeness (QED) is 0.324. The summed E-state index contributed by atoms with van der Waals surface area (Å²) in [5.74, 6) is 5.29. The molecular formula is C15H25N7O4. The van der Waals surface area contributed by atoms with Crippen molar-refractivity contribution in [3.63, 3.8) is 0 Å². The fourth-order valence-electron chi connectivity index (χ4n) is 3.17. The average Bonchev–Trinajstić information content (AvgIpc) is 3.18. The minimum absolute atomic E-state index is 0.248. The second-order valence-corrected chi connectivity index (χ2v) is 6.25. The lowest BCUT2D eigenvalue weighted by atomic mass is 10.1. The van der Waals surface area contributed by atoms with Gasteiger partial charge < -0.3 is 30.4 Å². The molecule has 0 bridgehead atoms. The number of hydrogen-bond donors (Lipinski definition) is 4. The zero-order valence-corrected chi connectivity index (χ0v) is 14.6. The van der Waals surface area contributed by atoms with E-state index in [0.717, 1.165) is 19.5 Å². The minimum atomic E-state index is -1.11. The van der Waals surface area contributed by atoms with Crippen molar-refractivity contribution in [3.05, 3.63) is 12.7 Å². The van der Waals surface area contributed by atoms with Gasteiger partial charge in [-0.1, -0.05) is 6.92 Å². The molecule has 0 spiro atoms. The summed E-state index contributed by atoms with van der Waals surface area (Å²) in [6, 6.07) is 0. The molecular weight excluding hydrogens is 342 g/mol. The molecule has 144 valence electrons. The van der Waals surface area contributed by atoms with Crippen LogP contribution in [0.2, 0.25) is 0 Å². The number of aliphatic hydroxyl groups is 2. The highest BCUT2D eigenvalue weighted by molar-refractivity contribution is 5.81. The van der Waals surface area contributed by atoms with Gasteiger partial charge in [0.25, 0.3) is 0 Å². The number of aliphatic hydroxyl groups excluding tert-OH is 2. The summed E-state index contributed by atoms with van der Waals surface area (Å²) in [6.45, 7) is 4.47. The van der Waals surface area contributed by atoms with E-state index in [9.17, 15) is 10.2 Å². The zero-order valence-electron chi connectivity index (χ0n) is 14.6. The van der Waals surface area contributed by atoms with Crippen LogP contribution >= 0.6 is 0 Å². The van der Waals surface area contributed by atoms with Crippen molar-refractivity contribution in [2.24, 2.45) is 5.90 Å². The number of aromatic nitrogens is 4. The molecule has 3 rings (SSSR count). The van der Waals surface area contributed by atoms with Crippen LogP contribution in [0, 0.1) is 0 Å². The van der Waals surface area contributed by atoms with Gasteiger partial charge in [0, 0.05) is 13.1 Å². The Kier molecular flexibility index (Phi) is 5.96. The normalized spacial score (nSPS) is 26.2. The first-order chi connectivity index (χ1) is 12.6. The summed E-state index contributed by atoms with van der Waals surface area (Å²) < 4.78 is 7.51. The molecule has 3 heterocycles. The fourth-order valence-corrected chi connectivity index (χ4v) is 3.17. The number of nitrogens with two attached hydrogens (primary N) is 2. The number of nitrogens with zero attached hydrogens (tertiary/aromatic N) is 5. The Balaban J connectivity index is 1.73. The third kappa shape index (κ3) is 3.63. The van der Waals surface area contributed by atoms with Gasteiger partial charge in [-0.3, -0.25) is 4.57 Å². The van der Waals surface area contributed by atoms with Crippen molar-refractivity contribution in [1.82, 2.24) is 24.4 Å². The Morgan fingerprint density at radius 3 is 2.85 bits per heavy atom. The predicted molar refractivity (Wildman–Crippen MR) is 92.5 cm³/mol. The molecule has 2 aromatic heterocycles. The number of ether oxygens (including phenoxy) is 1.